The van der Waals surface area contributed by atoms with Crippen molar-refractivity contribution in [3.05, 3.63) is 0 Å². The Morgan fingerprint density at radius 2 is 1.14 bits per heavy atom. The van der Waals surface area contributed by atoms with Crippen molar-refractivity contribution in [2.24, 2.45) is 17.8 Å². The van der Waals surface area contributed by atoms with E-state index in [2.05, 4.69) is 6.92 Å². The Bertz CT molecular complexity index is 142. The molecule has 0 unspecified atom stereocenters. The monoisotopic (exact) mass is 384 g/mol. The summed E-state index contributed by atoms with van der Waals surface area (Å²) in [4.78, 5) is 0. The third-order valence-corrected chi connectivity index (χ3v) is 7.14. The van der Waals surface area contributed by atoms with Gasteiger partial charge in [0.05, 0.1) is 0 Å². The van der Waals surface area contributed by atoms with Crippen molar-refractivity contribution >= 4 is 25.8 Å². The first-order chi connectivity index (χ1) is 6.75. The quantitative estimate of drug-likeness (QED) is 0.601. The minimum absolute atomic E-state index is 1.03. The summed E-state index contributed by atoms with van der Waals surface area (Å²) in [6.07, 6.45) is 12.5. The van der Waals surface area contributed by atoms with Crippen LogP contribution in [-0.2, 0) is 0 Å². The minimum atomic E-state index is 1.03. The van der Waals surface area contributed by atoms with E-state index in [0.717, 1.165) is 17.8 Å². The molecule has 2 aliphatic carbocycles. The van der Waals surface area contributed by atoms with Crippen molar-refractivity contribution < 1.29 is 0 Å². The predicted octanol–water partition coefficient (Wildman–Crippen LogP) is 3.96. The molecule has 0 saturated heterocycles. The fourth-order valence-corrected chi connectivity index (χ4v) is 4.87. The van der Waals surface area contributed by atoms with Crippen molar-refractivity contribution in [2.45, 2.75) is 61.8 Å². The average Bonchev–Trinajstić information content (AvgIpc) is 2.21. The molecule has 0 heterocycles. The van der Waals surface area contributed by atoms with Gasteiger partial charge in [0, 0.05) is 0 Å². The molecular formula is C13H23Tl. The van der Waals surface area contributed by atoms with Crippen molar-refractivity contribution in [1.82, 2.24) is 0 Å². The van der Waals surface area contributed by atoms with Crippen molar-refractivity contribution in [2.75, 3.05) is 0 Å². The van der Waals surface area contributed by atoms with Gasteiger partial charge >= 0.3 is 105 Å². The molecule has 0 spiro atoms. The molecule has 0 atom stereocenters. The molecule has 2 fully saturated rings. The van der Waals surface area contributed by atoms with E-state index < -0.39 is 0 Å². The van der Waals surface area contributed by atoms with E-state index in [1.54, 1.807) is 38.5 Å². The van der Waals surface area contributed by atoms with E-state index >= 15 is 0 Å². The topological polar surface area (TPSA) is 0 Å². The van der Waals surface area contributed by atoms with E-state index in [4.69, 9.17) is 0 Å². The summed E-state index contributed by atoms with van der Waals surface area (Å²) in [6, 6.07) is 0. The molecule has 14 heavy (non-hydrogen) atoms. The molecule has 0 nitrogen and oxygen atoms in total. The summed E-state index contributed by atoms with van der Waals surface area (Å²) in [6.45, 7) is 2.44. The third-order valence-electron chi connectivity index (χ3n) is 4.54. The summed E-state index contributed by atoms with van der Waals surface area (Å²) >= 11 is 1.26. The van der Waals surface area contributed by atoms with Crippen LogP contribution in [0.15, 0.2) is 0 Å². The molecular weight excluding hydrogens is 361 g/mol. The Labute approximate surface area is 105 Å². The molecule has 0 N–H and O–H groups in total. The second-order valence-corrected chi connectivity index (χ2v) is 9.36. The molecule has 1 heteroatoms. The predicted molar refractivity (Wildman–Crippen MR) is 62.6 cm³/mol. The van der Waals surface area contributed by atoms with Gasteiger partial charge in [-0.2, -0.15) is 0 Å². The first-order valence-corrected chi connectivity index (χ1v) is 9.10. The fraction of sp³-hybridized carbons (Fsp3) is 1.00. The second-order valence-electron chi connectivity index (χ2n) is 5.69. The molecule has 0 aromatic heterocycles. The van der Waals surface area contributed by atoms with Crippen LogP contribution in [0, 0.1) is 17.8 Å². The van der Waals surface area contributed by atoms with E-state index in [1.165, 1.54) is 42.1 Å². The maximum absolute atomic E-state index is 2.44. The zero-order valence-electron chi connectivity index (χ0n) is 9.54. The van der Waals surface area contributed by atoms with Crippen LogP contribution in [0.2, 0.25) is 3.48 Å². The van der Waals surface area contributed by atoms with Crippen LogP contribution in [0.5, 0.6) is 0 Å². The Hall–Kier alpha value is 0.922. The molecule has 78 valence electrons. The number of hydrogen-bond donors (Lipinski definition) is 0. The van der Waals surface area contributed by atoms with Crippen LogP contribution in [0.1, 0.15) is 58.3 Å². The van der Waals surface area contributed by atoms with Crippen molar-refractivity contribution in [1.29, 1.82) is 0 Å². The van der Waals surface area contributed by atoms with Gasteiger partial charge in [-0.15, -0.1) is 0 Å². The van der Waals surface area contributed by atoms with Gasteiger partial charge < -0.3 is 0 Å². The third kappa shape index (κ3) is 2.96. The molecule has 2 aliphatic rings. The molecule has 0 amide bonds. The fourth-order valence-electron chi connectivity index (χ4n) is 3.37. The van der Waals surface area contributed by atoms with Gasteiger partial charge in [0.25, 0.3) is 0 Å². The summed E-state index contributed by atoms with van der Waals surface area (Å²) in [5.41, 5.74) is 0. The molecule has 0 aliphatic heterocycles. The van der Waals surface area contributed by atoms with Crippen LogP contribution in [0.25, 0.3) is 0 Å². The Morgan fingerprint density at radius 3 is 1.64 bits per heavy atom. The first kappa shape index (κ1) is 11.4. The van der Waals surface area contributed by atoms with E-state index in [-0.39, 0.29) is 0 Å². The number of rotatable bonds is 1. The molecule has 0 bridgehead atoms. The van der Waals surface area contributed by atoms with Gasteiger partial charge in [-0.1, -0.05) is 0 Å². The normalized spacial score (nSPS) is 44.9. The van der Waals surface area contributed by atoms with Crippen LogP contribution in [-0.4, -0.2) is 25.8 Å². The molecule has 0 aromatic carbocycles. The summed E-state index contributed by atoms with van der Waals surface area (Å²) < 4.78 is 1.19. The summed E-state index contributed by atoms with van der Waals surface area (Å²) in [7, 11) is 0. The van der Waals surface area contributed by atoms with Gasteiger partial charge in [0.1, 0.15) is 0 Å². The summed E-state index contributed by atoms with van der Waals surface area (Å²) in [5.74, 6) is 3.30. The zero-order chi connectivity index (χ0) is 9.97. The van der Waals surface area contributed by atoms with Crippen LogP contribution >= 0.6 is 0 Å². The van der Waals surface area contributed by atoms with Crippen LogP contribution < -0.4 is 0 Å². The van der Waals surface area contributed by atoms with Crippen molar-refractivity contribution in [3.63, 3.8) is 0 Å². The first-order valence-electron chi connectivity index (χ1n) is 6.51. The van der Waals surface area contributed by atoms with E-state index in [9.17, 15) is 0 Å². The van der Waals surface area contributed by atoms with E-state index in [0.29, 0.717) is 0 Å². The van der Waals surface area contributed by atoms with Gasteiger partial charge in [0.2, 0.25) is 0 Å². The van der Waals surface area contributed by atoms with Gasteiger partial charge in [0.15, 0.2) is 0 Å². The molecule has 2 rings (SSSR count). The van der Waals surface area contributed by atoms with Gasteiger partial charge in [-0.3, -0.25) is 0 Å². The second kappa shape index (κ2) is 5.31. The Morgan fingerprint density at radius 1 is 0.714 bits per heavy atom. The molecule has 0 radical (unpaired) electrons. The van der Waals surface area contributed by atoms with E-state index in [1.807, 2.05) is 0 Å². The van der Waals surface area contributed by atoms with Crippen LogP contribution in [0.4, 0.5) is 0 Å². The van der Waals surface area contributed by atoms with Gasteiger partial charge in [-0.25, -0.2) is 0 Å². The van der Waals surface area contributed by atoms with Crippen molar-refractivity contribution in [3.8, 4) is 0 Å². The average molecular weight is 384 g/mol. The van der Waals surface area contributed by atoms with Gasteiger partial charge in [-0.05, 0) is 0 Å². The Balaban J connectivity index is 1.78. The molecule has 0 aromatic rings. The standard InChI is InChI=1S/C13H23.Tl/c1-11-7-9-13(10-8-11)12-5-3-2-4-6-12;/h2,11-13H,3-10H2,1H3;. The number of hydrogen-bond acceptors (Lipinski definition) is 0. The SMILES string of the molecule is CC1CCC(C2CC[CH]([Tl])CC2)CC1. The zero-order valence-corrected chi connectivity index (χ0v) is 14.0. The Kier molecular flexibility index (Phi) is 4.33. The summed E-state index contributed by atoms with van der Waals surface area (Å²) in [5, 5.41) is 0. The van der Waals surface area contributed by atoms with Crippen LogP contribution in [0.3, 0.4) is 0 Å². The maximum atomic E-state index is 2.44. The molecule has 2 saturated carbocycles.